The molecule has 0 atom stereocenters. The summed E-state index contributed by atoms with van der Waals surface area (Å²) in [5, 5.41) is 3.28. The van der Waals surface area contributed by atoms with Gasteiger partial charge in [-0.1, -0.05) is 20.8 Å². The van der Waals surface area contributed by atoms with E-state index in [2.05, 4.69) is 46.7 Å². The van der Waals surface area contributed by atoms with Crippen molar-refractivity contribution in [3.63, 3.8) is 0 Å². The molecule has 0 fully saturated rings. The van der Waals surface area contributed by atoms with Crippen molar-refractivity contribution in [1.82, 2.24) is 19.8 Å². The molecule has 0 spiro atoms. The van der Waals surface area contributed by atoms with Crippen LogP contribution >= 0.6 is 0 Å². The van der Waals surface area contributed by atoms with Gasteiger partial charge in [-0.15, -0.1) is 0 Å². The standard InChI is InChI=1S/C12H24N4/c1-4-13-9-12-10-16(11-14-12)8-7-15(5-2)6-3/h10-11,13H,4-9H2,1-3H3. The lowest BCUT2D eigenvalue weighted by atomic mass is 10.4. The highest BCUT2D eigenvalue weighted by molar-refractivity contribution is 4.96. The maximum absolute atomic E-state index is 4.37. The molecule has 1 heterocycles. The van der Waals surface area contributed by atoms with Crippen LogP contribution in [-0.2, 0) is 13.1 Å². The summed E-state index contributed by atoms with van der Waals surface area (Å²) in [6.07, 6.45) is 4.06. The molecule has 1 aromatic heterocycles. The normalized spacial score (nSPS) is 11.2. The van der Waals surface area contributed by atoms with Crippen molar-refractivity contribution in [2.75, 3.05) is 26.2 Å². The van der Waals surface area contributed by atoms with Crippen LogP contribution in [0.1, 0.15) is 26.5 Å². The van der Waals surface area contributed by atoms with Gasteiger partial charge >= 0.3 is 0 Å². The van der Waals surface area contributed by atoms with Gasteiger partial charge in [0.1, 0.15) is 0 Å². The number of likely N-dealkylation sites (N-methyl/N-ethyl adjacent to an activating group) is 1. The minimum absolute atomic E-state index is 0.870. The molecule has 1 N–H and O–H groups in total. The van der Waals surface area contributed by atoms with Gasteiger partial charge in [0.15, 0.2) is 0 Å². The second kappa shape index (κ2) is 7.41. The van der Waals surface area contributed by atoms with Crippen molar-refractivity contribution in [1.29, 1.82) is 0 Å². The number of hydrogen-bond donors (Lipinski definition) is 1. The molecule has 0 aliphatic rings. The zero-order chi connectivity index (χ0) is 11.8. The van der Waals surface area contributed by atoms with E-state index in [1.807, 2.05) is 6.33 Å². The molecule has 1 aromatic rings. The van der Waals surface area contributed by atoms with E-state index in [4.69, 9.17) is 0 Å². The highest BCUT2D eigenvalue weighted by atomic mass is 15.1. The van der Waals surface area contributed by atoms with Gasteiger partial charge in [0, 0.05) is 25.8 Å². The second-order valence-corrected chi connectivity index (χ2v) is 3.91. The summed E-state index contributed by atoms with van der Waals surface area (Å²) in [5.74, 6) is 0. The summed E-state index contributed by atoms with van der Waals surface area (Å²) in [7, 11) is 0. The maximum atomic E-state index is 4.37. The molecule has 16 heavy (non-hydrogen) atoms. The fraction of sp³-hybridized carbons (Fsp3) is 0.750. The molecule has 4 heteroatoms. The first-order valence-corrected chi connectivity index (χ1v) is 6.23. The van der Waals surface area contributed by atoms with Gasteiger partial charge in [-0.3, -0.25) is 0 Å². The molecule has 0 bridgehead atoms. The molecule has 0 radical (unpaired) electrons. The zero-order valence-electron chi connectivity index (χ0n) is 10.7. The third kappa shape index (κ3) is 4.33. The van der Waals surface area contributed by atoms with E-state index in [9.17, 15) is 0 Å². The number of aromatic nitrogens is 2. The van der Waals surface area contributed by atoms with Crippen molar-refractivity contribution in [2.24, 2.45) is 0 Å². The molecule has 0 aromatic carbocycles. The molecule has 1 rings (SSSR count). The van der Waals surface area contributed by atoms with Crippen LogP contribution in [0.4, 0.5) is 0 Å². The Hall–Kier alpha value is -0.870. The number of imidazole rings is 1. The number of nitrogens with one attached hydrogen (secondary N) is 1. The molecular weight excluding hydrogens is 200 g/mol. The van der Waals surface area contributed by atoms with Crippen molar-refractivity contribution in [3.8, 4) is 0 Å². The van der Waals surface area contributed by atoms with E-state index in [-0.39, 0.29) is 0 Å². The van der Waals surface area contributed by atoms with E-state index in [1.54, 1.807) is 0 Å². The van der Waals surface area contributed by atoms with E-state index >= 15 is 0 Å². The predicted octanol–water partition coefficient (Wildman–Crippen LogP) is 1.33. The number of rotatable bonds is 8. The van der Waals surface area contributed by atoms with Crippen molar-refractivity contribution in [2.45, 2.75) is 33.9 Å². The van der Waals surface area contributed by atoms with Crippen molar-refractivity contribution >= 4 is 0 Å². The van der Waals surface area contributed by atoms with Gasteiger partial charge in [-0.25, -0.2) is 4.98 Å². The molecule has 4 nitrogen and oxygen atoms in total. The molecule has 0 saturated heterocycles. The van der Waals surface area contributed by atoms with Crippen LogP contribution in [0.15, 0.2) is 12.5 Å². The summed E-state index contributed by atoms with van der Waals surface area (Å²) in [6, 6.07) is 0. The van der Waals surface area contributed by atoms with E-state index in [0.717, 1.165) is 45.0 Å². The minimum Gasteiger partial charge on any atom is -0.336 e. The zero-order valence-corrected chi connectivity index (χ0v) is 10.7. The quantitative estimate of drug-likeness (QED) is 0.723. The first kappa shape index (κ1) is 13.2. The van der Waals surface area contributed by atoms with E-state index < -0.39 is 0 Å². The van der Waals surface area contributed by atoms with Gasteiger partial charge < -0.3 is 14.8 Å². The largest absolute Gasteiger partial charge is 0.336 e. The van der Waals surface area contributed by atoms with Crippen LogP contribution in [0.25, 0.3) is 0 Å². The first-order chi connectivity index (χ1) is 7.80. The van der Waals surface area contributed by atoms with Crippen LogP contribution in [0, 0.1) is 0 Å². The fourth-order valence-electron chi connectivity index (χ4n) is 1.67. The molecule has 0 saturated carbocycles. The molecule has 0 amide bonds. The molecular formula is C12H24N4. The van der Waals surface area contributed by atoms with Crippen LogP contribution in [0.2, 0.25) is 0 Å². The Morgan fingerprint density at radius 3 is 2.69 bits per heavy atom. The summed E-state index contributed by atoms with van der Waals surface area (Å²) in [6.45, 7) is 12.7. The predicted molar refractivity (Wildman–Crippen MR) is 67.4 cm³/mol. The van der Waals surface area contributed by atoms with Crippen LogP contribution in [0.5, 0.6) is 0 Å². The molecule has 0 aliphatic carbocycles. The molecule has 0 unspecified atom stereocenters. The van der Waals surface area contributed by atoms with Crippen molar-refractivity contribution in [3.05, 3.63) is 18.2 Å². The third-order valence-electron chi connectivity index (χ3n) is 2.81. The van der Waals surface area contributed by atoms with Gasteiger partial charge in [-0.2, -0.15) is 0 Å². The van der Waals surface area contributed by atoms with E-state index in [1.165, 1.54) is 0 Å². The summed E-state index contributed by atoms with van der Waals surface area (Å²) >= 11 is 0. The van der Waals surface area contributed by atoms with Crippen LogP contribution in [0.3, 0.4) is 0 Å². The summed E-state index contributed by atoms with van der Waals surface area (Å²) < 4.78 is 2.17. The Morgan fingerprint density at radius 1 is 1.31 bits per heavy atom. The Morgan fingerprint density at radius 2 is 2.06 bits per heavy atom. The van der Waals surface area contributed by atoms with Gasteiger partial charge in [-0.05, 0) is 19.6 Å². The highest BCUT2D eigenvalue weighted by Gasteiger charge is 2.01. The SMILES string of the molecule is CCNCc1cn(CCN(CC)CC)cn1. The van der Waals surface area contributed by atoms with Crippen molar-refractivity contribution < 1.29 is 0 Å². The lowest BCUT2D eigenvalue weighted by Gasteiger charge is -2.17. The Balaban J connectivity index is 2.33. The van der Waals surface area contributed by atoms with E-state index in [0.29, 0.717) is 0 Å². The summed E-state index contributed by atoms with van der Waals surface area (Å²) in [4.78, 5) is 6.79. The minimum atomic E-state index is 0.870. The lowest BCUT2D eigenvalue weighted by molar-refractivity contribution is 0.290. The molecule has 0 aliphatic heterocycles. The van der Waals surface area contributed by atoms with Gasteiger partial charge in [0.25, 0.3) is 0 Å². The fourth-order valence-corrected chi connectivity index (χ4v) is 1.67. The first-order valence-electron chi connectivity index (χ1n) is 6.23. The number of hydrogen-bond acceptors (Lipinski definition) is 3. The average molecular weight is 224 g/mol. The Kier molecular flexibility index (Phi) is 6.11. The monoisotopic (exact) mass is 224 g/mol. The topological polar surface area (TPSA) is 33.1 Å². The Labute approximate surface area is 98.7 Å². The van der Waals surface area contributed by atoms with Crippen LogP contribution < -0.4 is 5.32 Å². The van der Waals surface area contributed by atoms with Gasteiger partial charge in [0.2, 0.25) is 0 Å². The lowest BCUT2D eigenvalue weighted by Crippen LogP contribution is -2.26. The molecule has 92 valence electrons. The van der Waals surface area contributed by atoms with Crippen LogP contribution in [-0.4, -0.2) is 40.6 Å². The smallest absolute Gasteiger partial charge is 0.0950 e. The van der Waals surface area contributed by atoms with Gasteiger partial charge in [0.05, 0.1) is 12.0 Å². The maximum Gasteiger partial charge on any atom is 0.0950 e. The summed E-state index contributed by atoms with van der Waals surface area (Å²) in [5.41, 5.74) is 1.13. The average Bonchev–Trinajstić information content (AvgIpc) is 2.76. The Bertz CT molecular complexity index is 278. The second-order valence-electron chi connectivity index (χ2n) is 3.91. The highest BCUT2D eigenvalue weighted by Crippen LogP contribution is 1.97. The number of nitrogens with zero attached hydrogens (tertiary/aromatic N) is 3. The third-order valence-corrected chi connectivity index (χ3v) is 2.81.